The van der Waals surface area contributed by atoms with Crippen LogP contribution in [-0.2, 0) is 5.41 Å². The average molecular weight is 368 g/mol. The predicted molar refractivity (Wildman–Crippen MR) is 103 cm³/mol. The number of hydrogen-bond donors (Lipinski definition) is 1. The molecule has 134 valence electrons. The van der Waals surface area contributed by atoms with Gasteiger partial charge < -0.3 is 9.72 Å². The number of aromatic amines is 1. The average Bonchev–Trinajstić information content (AvgIpc) is 3.24. The molecule has 26 heavy (non-hydrogen) atoms. The van der Waals surface area contributed by atoms with Crippen LogP contribution in [-0.4, -0.2) is 21.6 Å². The fraction of sp³-hybridized carbons (Fsp3) is 0.429. The Bertz CT molecular complexity index is 959. The van der Waals surface area contributed by atoms with Crippen molar-refractivity contribution in [2.45, 2.75) is 43.9 Å². The van der Waals surface area contributed by atoms with Crippen LogP contribution in [0.15, 0.2) is 36.5 Å². The smallest absolute Gasteiger partial charge is 0.177 e. The molecule has 3 aromatic rings. The number of hydrogen-bond acceptors (Lipinski definition) is 3. The van der Waals surface area contributed by atoms with Crippen LogP contribution in [0.3, 0.4) is 0 Å². The van der Waals surface area contributed by atoms with Crippen LogP contribution in [0.25, 0.3) is 11.2 Å². The van der Waals surface area contributed by atoms with Crippen LogP contribution in [0, 0.1) is 5.92 Å². The van der Waals surface area contributed by atoms with Crippen molar-refractivity contribution in [3.63, 3.8) is 0 Å². The topological polar surface area (TPSA) is 50.8 Å². The number of nitrogens with zero attached hydrogens (tertiary/aromatic N) is 2. The molecule has 1 N–H and O–H groups in total. The minimum Gasteiger partial charge on any atom is -0.492 e. The summed E-state index contributed by atoms with van der Waals surface area (Å²) in [7, 11) is 0. The van der Waals surface area contributed by atoms with Gasteiger partial charge in [-0.3, -0.25) is 0 Å². The van der Waals surface area contributed by atoms with Gasteiger partial charge in [-0.05, 0) is 43.7 Å². The van der Waals surface area contributed by atoms with E-state index in [1.165, 1.54) is 31.2 Å². The van der Waals surface area contributed by atoms with Gasteiger partial charge in [0, 0.05) is 23.1 Å². The summed E-state index contributed by atoms with van der Waals surface area (Å²) in [6, 6.07) is 10.5. The lowest BCUT2D eigenvalue weighted by molar-refractivity contribution is 0.169. The standard InChI is InChI=1S/C21H22ClN3O/c1-13(19-24-17-10-15(22)11-23-20(17)25-19)14-6-8-21(9-7-14)12-26-18-5-3-2-4-16(18)21/h2-5,10-11,13-14H,6-9,12H2,1H3,(H,23,24,25)/t13-,14?,21?/m0/s1. The fourth-order valence-electron chi connectivity index (χ4n) is 4.76. The number of aromatic nitrogens is 3. The second-order valence-corrected chi connectivity index (χ2v) is 8.27. The molecule has 4 nitrogen and oxygen atoms in total. The second kappa shape index (κ2) is 5.98. The van der Waals surface area contributed by atoms with Crippen molar-refractivity contribution in [1.82, 2.24) is 15.0 Å². The molecule has 1 saturated carbocycles. The molecule has 0 bridgehead atoms. The van der Waals surface area contributed by atoms with Gasteiger partial charge in [-0.25, -0.2) is 9.97 Å². The molecule has 1 aliphatic heterocycles. The van der Waals surface area contributed by atoms with Crippen LogP contribution in [0.5, 0.6) is 5.75 Å². The summed E-state index contributed by atoms with van der Waals surface area (Å²) in [5.74, 6) is 3.13. The van der Waals surface area contributed by atoms with Gasteiger partial charge in [0.1, 0.15) is 11.6 Å². The molecule has 1 fully saturated rings. The summed E-state index contributed by atoms with van der Waals surface area (Å²) in [6.45, 7) is 3.11. The van der Waals surface area contributed by atoms with Crippen molar-refractivity contribution in [2.75, 3.05) is 6.61 Å². The largest absolute Gasteiger partial charge is 0.492 e. The van der Waals surface area contributed by atoms with E-state index in [1.807, 2.05) is 6.07 Å². The zero-order chi connectivity index (χ0) is 17.7. The summed E-state index contributed by atoms with van der Waals surface area (Å²) < 4.78 is 5.98. The number of rotatable bonds is 2. The Hall–Kier alpha value is -2.07. The van der Waals surface area contributed by atoms with Gasteiger partial charge in [-0.1, -0.05) is 36.7 Å². The molecule has 0 unspecified atom stereocenters. The third kappa shape index (κ3) is 2.50. The lowest BCUT2D eigenvalue weighted by Crippen LogP contribution is -2.34. The zero-order valence-corrected chi connectivity index (χ0v) is 15.6. The number of para-hydroxylation sites is 1. The number of fused-ring (bicyclic) bond motifs is 3. The van der Waals surface area contributed by atoms with E-state index < -0.39 is 0 Å². The van der Waals surface area contributed by atoms with Gasteiger partial charge in [0.2, 0.25) is 0 Å². The highest BCUT2D eigenvalue weighted by Crippen LogP contribution is 2.50. The molecule has 1 atom stereocenters. The SMILES string of the molecule is C[C@H](c1nc2ncc(Cl)cc2[nH]1)C1CCC2(CC1)COc1ccccc12. The highest BCUT2D eigenvalue weighted by molar-refractivity contribution is 6.31. The van der Waals surface area contributed by atoms with Crippen LogP contribution < -0.4 is 4.74 Å². The van der Waals surface area contributed by atoms with Crippen LogP contribution >= 0.6 is 11.6 Å². The first-order valence-corrected chi connectivity index (χ1v) is 9.76. The number of pyridine rings is 1. The van der Waals surface area contributed by atoms with Gasteiger partial charge in [-0.15, -0.1) is 0 Å². The van der Waals surface area contributed by atoms with Crippen molar-refractivity contribution in [3.05, 3.63) is 52.9 Å². The van der Waals surface area contributed by atoms with Gasteiger partial charge in [0.15, 0.2) is 5.65 Å². The molecular formula is C21H22ClN3O. The van der Waals surface area contributed by atoms with Crippen molar-refractivity contribution >= 4 is 22.8 Å². The Morgan fingerprint density at radius 2 is 2.08 bits per heavy atom. The summed E-state index contributed by atoms with van der Waals surface area (Å²) in [4.78, 5) is 12.5. The van der Waals surface area contributed by atoms with Gasteiger partial charge in [0.25, 0.3) is 0 Å². The van der Waals surface area contributed by atoms with E-state index >= 15 is 0 Å². The second-order valence-electron chi connectivity index (χ2n) is 7.84. The molecular weight excluding hydrogens is 346 g/mol. The van der Waals surface area contributed by atoms with E-state index in [2.05, 4.69) is 41.2 Å². The van der Waals surface area contributed by atoms with Gasteiger partial charge in [-0.2, -0.15) is 0 Å². The molecule has 0 radical (unpaired) electrons. The Balaban J connectivity index is 1.35. The van der Waals surface area contributed by atoms with E-state index in [-0.39, 0.29) is 5.41 Å². The molecule has 2 aliphatic rings. The summed E-state index contributed by atoms with van der Waals surface area (Å²) in [5, 5.41) is 0.639. The number of benzene rings is 1. The number of H-pyrrole nitrogens is 1. The minimum absolute atomic E-state index is 0.218. The van der Waals surface area contributed by atoms with Crippen molar-refractivity contribution in [1.29, 1.82) is 0 Å². The molecule has 1 spiro atoms. The van der Waals surface area contributed by atoms with Crippen molar-refractivity contribution < 1.29 is 4.74 Å². The molecule has 1 aliphatic carbocycles. The van der Waals surface area contributed by atoms with E-state index in [4.69, 9.17) is 21.3 Å². The maximum atomic E-state index is 6.04. The van der Waals surface area contributed by atoms with Crippen molar-refractivity contribution in [3.8, 4) is 5.75 Å². The number of halogens is 1. The maximum absolute atomic E-state index is 6.04. The lowest BCUT2D eigenvalue weighted by atomic mass is 9.65. The zero-order valence-electron chi connectivity index (χ0n) is 14.8. The van der Waals surface area contributed by atoms with Crippen LogP contribution in [0.4, 0.5) is 0 Å². The van der Waals surface area contributed by atoms with Gasteiger partial charge >= 0.3 is 0 Å². The monoisotopic (exact) mass is 367 g/mol. The minimum atomic E-state index is 0.218. The molecule has 5 heteroatoms. The molecule has 5 rings (SSSR count). The Labute approximate surface area is 158 Å². The first kappa shape index (κ1) is 16.1. The summed E-state index contributed by atoms with van der Waals surface area (Å²) in [5.41, 5.74) is 3.30. The normalized spacial score (nSPS) is 26.0. The van der Waals surface area contributed by atoms with Crippen LogP contribution in [0.1, 0.15) is 49.9 Å². The quantitative estimate of drug-likeness (QED) is 0.674. The molecule has 2 aromatic heterocycles. The third-order valence-corrected chi connectivity index (χ3v) is 6.62. The van der Waals surface area contributed by atoms with Crippen LogP contribution in [0.2, 0.25) is 5.02 Å². The molecule has 3 heterocycles. The molecule has 0 amide bonds. The van der Waals surface area contributed by atoms with E-state index in [0.29, 0.717) is 16.9 Å². The Morgan fingerprint density at radius 1 is 1.27 bits per heavy atom. The predicted octanol–water partition coefficient (Wildman–Crippen LogP) is 5.24. The van der Waals surface area contributed by atoms with Gasteiger partial charge in [0.05, 0.1) is 17.1 Å². The number of nitrogens with one attached hydrogen (secondary N) is 1. The first-order valence-electron chi connectivity index (χ1n) is 9.38. The van der Waals surface area contributed by atoms with E-state index in [0.717, 1.165) is 29.3 Å². The first-order chi connectivity index (χ1) is 12.6. The van der Waals surface area contributed by atoms with E-state index in [9.17, 15) is 0 Å². The fourth-order valence-corrected chi connectivity index (χ4v) is 4.92. The Kier molecular flexibility index (Phi) is 3.71. The summed E-state index contributed by atoms with van der Waals surface area (Å²) in [6.07, 6.45) is 6.42. The number of ether oxygens (including phenoxy) is 1. The van der Waals surface area contributed by atoms with Crippen molar-refractivity contribution in [2.24, 2.45) is 5.92 Å². The molecule has 0 saturated heterocycles. The summed E-state index contributed by atoms with van der Waals surface area (Å²) >= 11 is 6.04. The highest BCUT2D eigenvalue weighted by atomic mass is 35.5. The number of imidazole rings is 1. The highest BCUT2D eigenvalue weighted by Gasteiger charge is 2.44. The van der Waals surface area contributed by atoms with E-state index in [1.54, 1.807) is 6.20 Å². The molecule has 1 aromatic carbocycles. The third-order valence-electron chi connectivity index (χ3n) is 6.41. The Morgan fingerprint density at radius 3 is 2.92 bits per heavy atom. The maximum Gasteiger partial charge on any atom is 0.177 e. The lowest BCUT2D eigenvalue weighted by Gasteiger charge is -2.38.